The number of halogens is 2. The van der Waals surface area contributed by atoms with Crippen LogP contribution < -0.4 is 11.1 Å². The van der Waals surface area contributed by atoms with E-state index in [1.807, 2.05) is 6.07 Å². The summed E-state index contributed by atoms with van der Waals surface area (Å²) < 4.78 is 0. The van der Waals surface area contributed by atoms with Crippen LogP contribution >= 0.6 is 23.2 Å². The maximum atomic E-state index is 12.4. The standard InChI is InChI=1S/C17H15Cl2N3O/c1-17(21,9-11-2-4-12(10-20)5-3-11)16(23)22-15-7-13(18)6-14(19)8-15/h2-8H,9,21H2,1H3,(H,22,23). The van der Waals surface area contributed by atoms with Crippen molar-refractivity contribution in [2.24, 2.45) is 5.73 Å². The molecule has 4 nitrogen and oxygen atoms in total. The van der Waals surface area contributed by atoms with E-state index in [0.29, 0.717) is 27.7 Å². The van der Waals surface area contributed by atoms with Gasteiger partial charge in [-0.15, -0.1) is 0 Å². The lowest BCUT2D eigenvalue weighted by atomic mass is 9.92. The van der Waals surface area contributed by atoms with Crippen LogP contribution in [0.4, 0.5) is 5.69 Å². The smallest absolute Gasteiger partial charge is 0.244 e. The molecule has 0 spiro atoms. The summed E-state index contributed by atoms with van der Waals surface area (Å²) >= 11 is 11.8. The fourth-order valence-electron chi connectivity index (χ4n) is 2.10. The molecule has 3 N–H and O–H groups in total. The van der Waals surface area contributed by atoms with Crippen LogP contribution in [0.1, 0.15) is 18.1 Å². The summed E-state index contributed by atoms with van der Waals surface area (Å²) in [6.45, 7) is 1.65. The maximum Gasteiger partial charge on any atom is 0.244 e. The molecule has 0 aliphatic rings. The number of hydrogen-bond acceptors (Lipinski definition) is 3. The Hall–Kier alpha value is -2.06. The van der Waals surface area contributed by atoms with Crippen molar-refractivity contribution in [1.82, 2.24) is 0 Å². The third-order valence-corrected chi connectivity index (χ3v) is 3.73. The van der Waals surface area contributed by atoms with Gasteiger partial charge >= 0.3 is 0 Å². The number of rotatable bonds is 4. The van der Waals surface area contributed by atoms with Crippen LogP contribution in [0.3, 0.4) is 0 Å². The van der Waals surface area contributed by atoms with E-state index in [0.717, 1.165) is 5.56 Å². The van der Waals surface area contributed by atoms with E-state index in [9.17, 15) is 4.79 Å². The Balaban J connectivity index is 2.11. The van der Waals surface area contributed by atoms with Crippen molar-refractivity contribution in [3.05, 3.63) is 63.6 Å². The molecule has 2 rings (SSSR count). The van der Waals surface area contributed by atoms with E-state index in [1.54, 1.807) is 49.4 Å². The van der Waals surface area contributed by atoms with Crippen LogP contribution in [0.2, 0.25) is 10.0 Å². The summed E-state index contributed by atoms with van der Waals surface area (Å²) in [6, 6.07) is 13.8. The van der Waals surface area contributed by atoms with E-state index in [2.05, 4.69) is 5.32 Å². The van der Waals surface area contributed by atoms with E-state index < -0.39 is 5.54 Å². The van der Waals surface area contributed by atoms with Gasteiger partial charge in [0, 0.05) is 15.7 Å². The Morgan fingerprint density at radius 3 is 2.30 bits per heavy atom. The molecule has 1 atom stereocenters. The highest BCUT2D eigenvalue weighted by molar-refractivity contribution is 6.35. The third kappa shape index (κ3) is 4.70. The van der Waals surface area contributed by atoms with Crippen LogP contribution in [0.5, 0.6) is 0 Å². The van der Waals surface area contributed by atoms with E-state index in [-0.39, 0.29) is 5.91 Å². The number of benzene rings is 2. The Bertz CT molecular complexity index is 744. The highest BCUT2D eigenvalue weighted by Crippen LogP contribution is 2.23. The highest BCUT2D eigenvalue weighted by Gasteiger charge is 2.28. The number of amides is 1. The van der Waals surface area contributed by atoms with Gasteiger partial charge in [0.1, 0.15) is 0 Å². The summed E-state index contributed by atoms with van der Waals surface area (Å²) in [7, 11) is 0. The fraction of sp³-hybridized carbons (Fsp3) is 0.176. The predicted octanol–water partition coefficient (Wildman–Crippen LogP) is 3.76. The molecule has 1 amide bonds. The van der Waals surface area contributed by atoms with Crippen molar-refractivity contribution >= 4 is 34.8 Å². The summed E-state index contributed by atoms with van der Waals surface area (Å²) in [5.41, 5.74) is 6.94. The van der Waals surface area contributed by atoms with Crippen molar-refractivity contribution in [3.8, 4) is 6.07 Å². The largest absolute Gasteiger partial charge is 0.324 e. The molecule has 2 aromatic rings. The topological polar surface area (TPSA) is 78.9 Å². The van der Waals surface area contributed by atoms with Crippen LogP contribution in [-0.4, -0.2) is 11.4 Å². The van der Waals surface area contributed by atoms with Crippen LogP contribution in [-0.2, 0) is 11.2 Å². The first-order valence-corrected chi connectivity index (χ1v) is 7.61. The number of hydrogen-bond donors (Lipinski definition) is 2. The van der Waals surface area contributed by atoms with Crippen molar-refractivity contribution in [3.63, 3.8) is 0 Å². The van der Waals surface area contributed by atoms with E-state index in [1.165, 1.54) is 0 Å². The fourth-order valence-corrected chi connectivity index (χ4v) is 2.63. The molecule has 0 bridgehead atoms. The molecule has 0 aliphatic carbocycles. The van der Waals surface area contributed by atoms with Gasteiger partial charge < -0.3 is 11.1 Å². The van der Waals surface area contributed by atoms with Crippen molar-refractivity contribution in [2.75, 3.05) is 5.32 Å². The lowest BCUT2D eigenvalue weighted by molar-refractivity contribution is -0.120. The minimum Gasteiger partial charge on any atom is -0.324 e. The maximum absolute atomic E-state index is 12.4. The first kappa shape index (κ1) is 17.3. The molecule has 2 aromatic carbocycles. The molecule has 0 heterocycles. The first-order valence-electron chi connectivity index (χ1n) is 6.85. The molecule has 1 unspecified atom stereocenters. The molecular formula is C17H15Cl2N3O. The normalized spacial score (nSPS) is 13.0. The number of nitriles is 1. The molecule has 0 aromatic heterocycles. The molecule has 0 fully saturated rings. The monoisotopic (exact) mass is 347 g/mol. The zero-order valence-electron chi connectivity index (χ0n) is 12.4. The van der Waals surface area contributed by atoms with Gasteiger partial charge in [0.05, 0.1) is 17.2 Å². The average molecular weight is 348 g/mol. The molecule has 0 radical (unpaired) electrons. The second kappa shape index (κ2) is 7.01. The second-order valence-electron chi connectivity index (χ2n) is 5.52. The summed E-state index contributed by atoms with van der Waals surface area (Å²) in [5, 5.41) is 12.4. The number of carbonyl (C=O) groups is 1. The van der Waals surface area contributed by atoms with Gasteiger partial charge in [0.15, 0.2) is 0 Å². The van der Waals surface area contributed by atoms with Gasteiger partial charge in [-0.05, 0) is 49.2 Å². The average Bonchev–Trinajstić information content (AvgIpc) is 2.46. The minimum atomic E-state index is -1.12. The number of anilines is 1. The predicted molar refractivity (Wildman–Crippen MR) is 92.5 cm³/mol. The molecule has 0 aliphatic heterocycles. The number of nitrogens with one attached hydrogen (secondary N) is 1. The number of nitrogens with zero attached hydrogens (tertiary/aromatic N) is 1. The Morgan fingerprint density at radius 2 is 1.78 bits per heavy atom. The second-order valence-corrected chi connectivity index (χ2v) is 6.39. The SMILES string of the molecule is CC(N)(Cc1ccc(C#N)cc1)C(=O)Nc1cc(Cl)cc(Cl)c1. The summed E-state index contributed by atoms with van der Waals surface area (Å²) in [6.07, 6.45) is 0.332. The number of carbonyl (C=O) groups excluding carboxylic acids is 1. The molecule has 0 saturated heterocycles. The van der Waals surface area contributed by atoms with Gasteiger partial charge in [-0.25, -0.2) is 0 Å². The van der Waals surface area contributed by atoms with Crippen molar-refractivity contribution < 1.29 is 4.79 Å². The van der Waals surface area contributed by atoms with Gasteiger partial charge in [0.25, 0.3) is 0 Å². The van der Waals surface area contributed by atoms with Gasteiger partial charge in [0.2, 0.25) is 5.91 Å². The zero-order chi connectivity index (χ0) is 17.0. The minimum absolute atomic E-state index is 0.332. The summed E-state index contributed by atoms with van der Waals surface area (Å²) in [4.78, 5) is 12.4. The Kier molecular flexibility index (Phi) is 5.27. The molecule has 6 heteroatoms. The highest BCUT2D eigenvalue weighted by atomic mass is 35.5. The van der Waals surface area contributed by atoms with Crippen molar-refractivity contribution in [1.29, 1.82) is 5.26 Å². The Morgan fingerprint density at radius 1 is 1.22 bits per heavy atom. The molecule has 23 heavy (non-hydrogen) atoms. The van der Waals surface area contributed by atoms with Crippen LogP contribution in [0, 0.1) is 11.3 Å². The van der Waals surface area contributed by atoms with E-state index in [4.69, 9.17) is 34.2 Å². The van der Waals surface area contributed by atoms with Crippen molar-refractivity contribution in [2.45, 2.75) is 18.9 Å². The molecule has 118 valence electrons. The van der Waals surface area contributed by atoms with Gasteiger partial charge in [-0.3, -0.25) is 4.79 Å². The molecule has 0 saturated carbocycles. The lowest BCUT2D eigenvalue weighted by Crippen LogP contribution is -2.50. The van der Waals surface area contributed by atoms with Gasteiger partial charge in [-0.1, -0.05) is 35.3 Å². The lowest BCUT2D eigenvalue weighted by Gasteiger charge is -2.24. The quantitative estimate of drug-likeness (QED) is 0.883. The first-order chi connectivity index (χ1) is 10.8. The van der Waals surface area contributed by atoms with E-state index >= 15 is 0 Å². The molecular weight excluding hydrogens is 333 g/mol. The third-order valence-electron chi connectivity index (χ3n) is 3.29. The van der Waals surface area contributed by atoms with Gasteiger partial charge in [-0.2, -0.15) is 5.26 Å². The zero-order valence-corrected chi connectivity index (χ0v) is 13.9. The summed E-state index contributed by atoms with van der Waals surface area (Å²) in [5.74, 6) is -0.347. The Labute approximate surface area is 144 Å². The van der Waals surface area contributed by atoms with Crippen LogP contribution in [0.25, 0.3) is 0 Å². The number of nitrogens with two attached hydrogens (primary N) is 1. The van der Waals surface area contributed by atoms with Crippen LogP contribution in [0.15, 0.2) is 42.5 Å².